The fourth-order valence-electron chi connectivity index (χ4n) is 2.58. The number of benzene rings is 2. The minimum Gasteiger partial charge on any atom is -0.490 e. The molecule has 0 bridgehead atoms. The van der Waals surface area contributed by atoms with Crippen LogP contribution in [0.1, 0.15) is 25.0 Å². The molecule has 0 aromatic heterocycles. The van der Waals surface area contributed by atoms with Gasteiger partial charge in [0.15, 0.2) is 11.5 Å². The molecule has 2 aromatic carbocycles. The number of rotatable bonds is 12. The fraction of sp³-hybridized carbons (Fsp3) is 0.429. The lowest BCUT2D eigenvalue weighted by atomic mass is 10.2. The van der Waals surface area contributed by atoms with Crippen LogP contribution in [0.2, 0.25) is 5.02 Å². The van der Waals surface area contributed by atoms with E-state index in [4.69, 9.17) is 21.1 Å². The minimum absolute atomic E-state index is 0.270. The Morgan fingerprint density at radius 3 is 2.46 bits per heavy atom. The van der Waals surface area contributed by atoms with Gasteiger partial charge in [-0.2, -0.15) is 0 Å². The number of aliphatic hydroxyl groups excluding tert-OH is 1. The minimum atomic E-state index is -0.352. The zero-order valence-electron chi connectivity index (χ0n) is 16.3. The normalized spacial score (nSPS) is 12.0. The Morgan fingerprint density at radius 2 is 1.79 bits per heavy atom. The standard InChI is InChI=1S/C21H28ClFN2O3/c1-3-27-20-11-17(13-25-9-8-24-12-15(2)26)10-19(22)21(20)28-14-16-4-6-18(23)7-5-16/h4-7,10-11,15,24-26H,3,8-9,12-14H2,1-2H3/t15-/m1/s1. The predicted molar refractivity (Wildman–Crippen MR) is 110 cm³/mol. The lowest BCUT2D eigenvalue weighted by Gasteiger charge is -2.16. The van der Waals surface area contributed by atoms with Gasteiger partial charge in [-0.1, -0.05) is 23.7 Å². The van der Waals surface area contributed by atoms with Crippen LogP contribution in [-0.2, 0) is 13.2 Å². The molecule has 0 aliphatic carbocycles. The topological polar surface area (TPSA) is 62.8 Å². The second-order valence-corrected chi connectivity index (χ2v) is 6.89. The Labute approximate surface area is 170 Å². The molecule has 2 aromatic rings. The second kappa shape index (κ2) is 11.9. The van der Waals surface area contributed by atoms with E-state index in [1.54, 1.807) is 19.1 Å². The Balaban J connectivity index is 1.95. The third-order valence-corrected chi connectivity index (χ3v) is 4.19. The van der Waals surface area contributed by atoms with E-state index in [-0.39, 0.29) is 18.5 Å². The van der Waals surface area contributed by atoms with Crippen molar-refractivity contribution in [3.63, 3.8) is 0 Å². The number of ether oxygens (including phenoxy) is 2. The van der Waals surface area contributed by atoms with Gasteiger partial charge in [0.1, 0.15) is 12.4 Å². The number of hydrogen-bond donors (Lipinski definition) is 3. The van der Waals surface area contributed by atoms with Gasteiger partial charge in [-0.05, 0) is 49.2 Å². The number of halogens is 2. The van der Waals surface area contributed by atoms with Crippen molar-refractivity contribution in [2.24, 2.45) is 0 Å². The highest BCUT2D eigenvalue weighted by Gasteiger charge is 2.13. The number of hydrogen-bond acceptors (Lipinski definition) is 5. The Bertz CT molecular complexity index is 726. The first kappa shape index (κ1) is 22.4. The monoisotopic (exact) mass is 410 g/mol. The maximum atomic E-state index is 13.0. The number of nitrogens with one attached hydrogen (secondary N) is 2. The van der Waals surface area contributed by atoms with Gasteiger partial charge >= 0.3 is 0 Å². The average Bonchev–Trinajstić information content (AvgIpc) is 2.65. The van der Waals surface area contributed by atoms with Crippen LogP contribution in [0.15, 0.2) is 36.4 Å². The van der Waals surface area contributed by atoms with Crippen LogP contribution in [0.3, 0.4) is 0 Å². The van der Waals surface area contributed by atoms with E-state index in [1.807, 2.05) is 19.1 Å². The summed E-state index contributed by atoms with van der Waals surface area (Å²) in [6.45, 7) is 7.13. The fourth-order valence-corrected chi connectivity index (χ4v) is 2.87. The molecule has 1 atom stereocenters. The van der Waals surface area contributed by atoms with Gasteiger partial charge in [0.25, 0.3) is 0 Å². The van der Waals surface area contributed by atoms with E-state index >= 15 is 0 Å². The van der Waals surface area contributed by atoms with Crippen molar-refractivity contribution in [3.05, 3.63) is 58.4 Å². The van der Waals surface area contributed by atoms with E-state index in [0.717, 1.165) is 24.2 Å². The summed E-state index contributed by atoms with van der Waals surface area (Å²) in [5.74, 6) is 0.783. The van der Waals surface area contributed by atoms with Gasteiger partial charge in [-0.3, -0.25) is 0 Å². The highest BCUT2D eigenvalue weighted by atomic mass is 35.5. The summed E-state index contributed by atoms with van der Waals surface area (Å²) in [6.07, 6.45) is -0.352. The van der Waals surface area contributed by atoms with Crippen LogP contribution in [0.5, 0.6) is 11.5 Å². The Morgan fingerprint density at radius 1 is 1.07 bits per heavy atom. The predicted octanol–water partition coefficient (Wildman–Crippen LogP) is 3.52. The van der Waals surface area contributed by atoms with Crippen molar-refractivity contribution in [2.75, 3.05) is 26.2 Å². The summed E-state index contributed by atoms with van der Waals surface area (Å²) < 4.78 is 24.6. The van der Waals surface area contributed by atoms with Crippen molar-refractivity contribution in [2.45, 2.75) is 33.1 Å². The molecular weight excluding hydrogens is 383 g/mol. The molecule has 0 saturated heterocycles. The summed E-state index contributed by atoms with van der Waals surface area (Å²) in [4.78, 5) is 0. The van der Waals surface area contributed by atoms with Gasteiger partial charge in [0.05, 0.1) is 17.7 Å². The maximum Gasteiger partial charge on any atom is 0.180 e. The number of aliphatic hydroxyl groups is 1. The van der Waals surface area contributed by atoms with Crippen molar-refractivity contribution < 1.29 is 19.0 Å². The van der Waals surface area contributed by atoms with E-state index in [2.05, 4.69) is 10.6 Å². The highest BCUT2D eigenvalue weighted by Crippen LogP contribution is 2.37. The van der Waals surface area contributed by atoms with Crippen LogP contribution < -0.4 is 20.1 Å². The summed E-state index contributed by atoms with van der Waals surface area (Å²) in [6, 6.07) is 9.90. The van der Waals surface area contributed by atoms with Gasteiger partial charge in [0, 0.05) is 26.2 Å². The van der Waals surface area contributed by atoms with Crippen LogP contribution in [-0.4, -0.2) is 37.5 Å². The van der Waals surface area contributed by atoms with E-state index in [1.165, 1.54) is 12.1 Å². The van der Waals surface area contributed by atoms with Crippen LogP contribution in [0.4, 0.5) is 4.39 Å². The molecule has 0 fully saturated rings. The third-order valence-electron chi connectivity index (χ3n) is 3.91. The van der Waals surface area contributed by atoms with Gasteiger partial charge in [-0.25, -0.2) is 4.39 Å². The lowest BCUT2D eigenvalue weighted by Crippen LogP contribution is -2.31. The van der Waals surface area contributed by atoms with E-state index < -0.39 is 0 Å². The molecule has 154 valence electrons. The Hall–Kier alpha value is -1.86. The molecule has 0 spiro atoms. The van der Waals surface area contributed by atoms with Crippen LogP contribution >= 0.6 is 11.6 Å². The van der Waals surface area contributed by atoms with Crippen LogP contribution in [0, 0.1) is 5.82 Å². The van der Waals surface area contributed by atoms with E-state index in [0.29, 0.717) is 36.2 Å². The lowest BCUT2D eigenvalue weighted by molar-refractivity contribution is 0.191. The molecule has 7 heteroatoms. The molecule has 3 N–H and O–H groups in total. The van der Waals surface area contributed by atoms with Crippen molar-refractivity contribution in [3.8, 4) is 11.5 Å². The smallest absolute Gasteiger partial charge is 0.180 e. The summed E-state index contributed by atoms with van der Waals surface area (Å²) in [5.41, 5.74) is 1.83. The van der Waals surface area contributed by atoms with Crippen molar-refractivity contribution in [1.82, 2.24) is 10.6 Å². The molecule has 0 unspecified atom stereocenters. The molecular formula is C21H28ClFN2O3. The molecule has 28 heavy (non-hydrogen) atoms. The molecule has 0 saturated carbocycles. The van der Waals surface area contributed by atoms with Crippen LogP contribution in [0.25, 0.3) is 0 Å². The van der Waals surface area contributed by atoms with Gasteiger partial charge in [-0.15, -0.1) is 0 Å². The average molecular weight is 411 g/mol. The first-order valence-corrected chi connectivity index (χ1v) is 9.79. The Kier molecular flexibility index (Phi) is 9.50. The molecule has 0 aliphatic heterocycles. The molecule has 2 rings (SSSR count). The quantitative estimate of drug-likeness (QED) is 0.467. The summed E-state index contributed by atoms with van der Waals surface area (Å²) >= 11 is 6.43. The summed E-state index contributed by atoms with van der Waals surface area (Å²) in [7, 11) is 0. The first-order chi connectivity index (χ1) is 13.5. The van der Waals surface area contributed by atoms with Crippen molar-refractivity contribution in [1.29, 1.82) is 0 Å². The van der Waals surface area contributed by atoms with E-state index in [9.17, 15) is 9.50 Å². The molecule has 0 amide bonds. The van der Waals surface area contributed by atoms with Crippen molar-refractivity contribution >= 4 is 11.6 Å². The summed E-state index contributed by atoms with van der Waals surface area (Å²) in [5, 5.41) is 16.2. The van der Waals surface area contributed by atoms with Gasteiger partial charge in [0.2, 0.25) is 0 Å². The zero-order valence-corrected chi connectivity index (χ0v) is 17.1. The maximum absolute atomic E-state index is 13.0. The molecule has 5 nitrogen and oxygen atoms in total. The zero-order chi connectivity index (χ0) is 20.4. The first-order valence-electron chi connectivity index (χ1n) is 9.41. The molecule has 0 radical (unpaired) electrons. The SMILES string of the molecule is CCOc1cc(CNCCNC[C@@H](C)O)cc(Cl)c1OCc1ccc(F)cc1. The molecule has 0 heterocycles. The van der Waals surface area contributed by atoms with Gasteiger partial charge < -0.3 is 25.2 Å². The third kappa shape index (κ3) is 7.64. The highest BCUT2D eigenvalue weighted by molar-refractivity contribution is 6.32. The molecule has 0 aliphatic rings. The largest absolute Gasteiger partial charge is 0.490 e. The second-order valence-electron chi connectivity index (χ2n) is 6.48.